The van der Waals surface area contributed by atoms with E-state index in [4.69, 9.17) is 23.2 Å². The van der Waals surface area contributed by atoms with E-state index in [9.17, 15) is 19.2 Å². The van der Waals surface area contributed by atoms with Crippen LogP contribution in [0.4, 0.5) is 0 Å². The van der Waals surface area contributed by atoms with Gasteiger partial charge >= 0.3 is 0 Å². The molecule has 0 radical (unpaired) electrons. The van der Waals surface area contributed by atoms with Crippen LogP contribution in [0.25, 0.3) is 0 Å². The highest BCUT2D eigenvalue weighted by Crippen LogP contribution is 2.61. The number of benzene rings is 3. The second kappa shape index (κ2) is 9.41. The van der Waals surface area contributed by atoms with Crippen LogP contribution in [0, 0.1) is 11.8 Å². The van der Waals surface area contributed by atoms with Crippen LogP contribution >= 0.6 is 34.5 Å². The summed E-state index contributed by atoms with van der Waals surface area (Å²) in [5, 5.41) is 4.01. The molecule has 4 aliphatic rings. The van der Waals surface area contributed by atoms with Crippen molar-refractivity contribution in [3.05, 3.63) is 127 Å². The summed E-state index contributed by atoms with van der Waals surface area (Å²) in [6, 6.07) is 23.5. The van der Waals surface area contributed by atoms with Gasteiger partial charge in [-0.2, -0.15) is 5.01 Å². The standard InChI is InChI=1S/C31H20Cl2N2O4S/c32-16-11-12-21(22(33)14-16)29(37)34(15-23(36)24-10-5-13-40-24)35-30(38)27-25-17-6-1-2-7-18(17)26(28(27)31(35)39)20-9-4-3-8-19(20)25/h1-14,25-28H,15H2/t25?,26?,27-,28+. The third-order valence-corrected chi connectivity index (χ3v) is 9.61. The van der Waals surface area contributed by atoms with Gasteiger partial charge in [0.1, 0.15) is 6.54 Å². The molecule has 3 amide bonds. The molecule has 9 heteroatoms. The highest BCUT2D eigenvalue weighted by atomic mass is 35.5. The van der Waals surface area contributed by atoms with E-state index in [1.807, 2.05) is 48.5 Å². The smallest absolute Gasteiger partial charge is 0.274 e. The highest BCUT2D eigenvalue weighted by molar-refractivity contribution is 7.12. The van der Waals surface area contributed by atoms with Crippen molar-refractivity contribution >= 4 is 58.0 Å². The highest BCUT2D eigenvalue weighted by Gasteiger charge is 2.63. The third kappa shape index (κ3) is 3.61. The van der Waals surface area contributed by atoms with E-state index in [2.05, 4.69) is 0 Å². The minimum Gasteiger partial charge on any atom is -0.291 e. The number of thiophene rings is 1. The van der Waals surface area contributed by atoms with E-state index in [1.54, 1.807) is 17.5 Å². The number of rotatable bonds is 5. The SMILES string of the molecule is O=C(CN(C(=O)c1ccc(Cl)cc1Cl)N1C(=O)[C@@H]2C3c4ccccc4C(c4ccccc43)[C@@H]2C1=O)c1cccs1. The van der Waals surface area contributed by atoms with Crippen LogP contribution in [0.2, 0.25) is 10.0 Å². The van der Waals surface area contributed by atoms with Gasteiger partial charge in [0.2, 0.25) is 0 Å². The molecule has 0 saturated carbocycles. The number of hydrogen-bond donors (Lipinski definition) is 0. The molecular formula is C31H20Cl2N2O4S. The molecule has 0 N–H and O–H groups in total. The molecule has 0 spiro atoms. The Morgan fingerprint density at radius 3 is 1.80 bits per heavy atom. The van der Waals surface area contributed by atoms with Gasteiger partial charge in [-0.25, -0.2) is 5.01 Å². The van der Waals surface area contributed by atoms with Crippen LogP contribution < -0.4 is 0 Å². The molecule has 6 nitrogen and oxygen atoms in total. The zero-order valence-electron chi connectivity index (χ0n) is 20.8. The predicted molar refractivity (Wildman–Crippen MR) is 152 cm³/mol. The minimum atomic E-state index is -0.728. The Labute approximate surface area is 243 Å². The molecule has 0 unspecified atom stereocenters. The van der Waals surface area contributed by atoms with Crippen molar-refractivity contribution in [2.75, 3.05) is 6.54 Å². The first-order valence-corrected chi connectivity index (χ1v) is 14.4. The molecule has 40 heavy (non-hydrogen) atoms. The van der Waals surface area contributed by atoms with E-state index in [0.29, 0.717) is 9.90 Å². The largest absolute Gasteiger partial charge is 0.291 e. The lowest BCUT2D eigenvalue weighted by Gasteiger charge is -2.45. The molecule has 3 aromatic carbocycles. The van der Waals surface area contributed by atoms with Crippen molar-refractivity contribution in [3.63, 3.8) is 0 Å². The van der Waals surface area contributed by atoms with Gasteiger partial charge in [-0.15, -0.1) is 11.3 Å². The zero-order chi connectivity index (χ0) is 27.7. The average molecular weight is 587 g/mol. The van der Waals surface area contributed by atoms with Gasteiger partial charge in [0.15, 0.2) is 5.78 Å². The Hall–Kier alpha value is -3.78. The fourth-order valence-electron chi connectivity index (χ4n) is 6.59. The number of ketones is 1. The Balaban J connectivity index is 1.35. The number of carbonyl (C=O) groups is 4. The van der Waals surface area contributed by atoms with Crippen molar-refractivity contribution < 1.29 is 19.2 Å². The fourth-order valence-corrected chi connectivity index (χ4v) is 7.73. The maximum absolute atomic E-state index is 14.3. The van der Waals surface area contributed by atoms with E-state index < -0.39 is 41.9 Å². The van der Waals surface area contributed by atoms with Crippen LogP contribution in [-0.4, -0.2) is 40.1 Å². The van der Waals surface area contributed by atoms with Crippen molar-refractivity contribution in [1.82, 2.24) is 10.0 Å². The van der Waals surface area contributed by atoms with Gasteiger partial charge in [0.25, 0.3) is 17.7 Å². The normalized spacial score (nSPS) is 22.1. The maximum atomic E-state index is 14.3. The summed E-state index contributed by atoms with van der Waals surface area (Å²) in [7, 11) is 0. The summed E-state index contributed by atoms with van der Waals surface area (Å²) in [4.78, 5) is 56.3. The molecule has 4 aromatic rings. The van der Waals surface area contributed by atoms with E-state index in [0.717, 1.165) is 32.3 Å². The van der Waals surface area contributed by atoms with Gasteiger partial charge in [-0.3, -0.25) is 19.2 Å². The molecule has 1 aliphatic heterocycles. The fraction of sp³-hybridized carbons (Fsp3) is 0.161. The predicted octanol–water partition coefficient (Wildman–Crippen LogP) is 6.19. The average Bonchev–Trinajstić information content (AvgIpc) is 3.59. The summed E-state index contributed by atoms with van der Waals surface area (Å²) in [6.07, 6.45) is 0. The molecule has 2 bridgehead atoms. The maximum Gasteiger partial charge on any atom is 0.274 e. The van der Waals surface area contributed by atoms with Crippen LogP contribution in [0.5, 0.6) is 0 Å². The molecule has 198 valence electrons. The number of imide groups is 1. The molecular weight excluding hydrogens is 567 g/mol. The Morgan fingerprint density at radius 1 is 0.775 bits per heavy atom. The summed E-state index contributed by atoms with van der Waals surface area (Å²) < 4.78 is 0. The first-order valence-electron chi connectivity index (χ1n) is 12.8. The molecule has 2 heterocycles. The molecule has 1 aromatic heterocycles. The van der Waals surface area contributed by atoms with Gasteiger partial charge in [-0.05, 0) is 51.9 Å². The lowest BCUT2D eigenvalue weighted by Crippen LogP contribution is -2.52. The van der Waals surface area contributed by atoms with Crippen LogP contribution in [-0.2, 0) is 9.59 Å². The first kappa shape index (κ1) is 25.2. The van der Waals surface area contributed by atoms with Crippen molar-refractivity contribution in [2.45, 2.75) is 11.8 Å². The Kier molecular flexibility index (Phi) is 5.93. The van der Waals surface area contributed by atoms with E-state index >= 15 is 0 Å². The van der Waals surface area contributed by atoms with Gasteiger partial charge in [0.05, 0.1) is 27.3 Å². The summed E-state index contributed by atoms with van der Waals surface area (Å²) >= 11 is 13.7. The quantitative estimate of drug-likeness (QED) is 0.206. The summed E-state index contributed by atoms with van der Waals surface area (Å²) in [5.41, 5.74) is 4.11. The molecule has 3 aliphatic carbocycles. The van der Waals surface area contributed by atoms with Crippen molar-refractivity contribution in [3.8, 4) is 0 Å². The molecule has 1 fully saturated rings. The number of hydrazine groups is 1. The number of amides is 3. The number of hydrogen-bond acceptors (Lipinski definition) is 5. The lowest BCUT2D eigenvalue weighted by molar-refractivity contribution is -0.154. The monoisotopic (exact) mass is 586 g/mol. The third-order valence-electron chi connectivity index (χ3n) is 8.15. The van der Waals surface area contributed by atoms with Gasteiger partial charge in [-0.1, -0.05) is 77.8 Å². The number of carbonyl (C=O) groups excluding carboxylic acids is 4. The van der Waals surface area contributed by atoms with Crippen molar-refractivity contribution in [2.24, 2.45) is 11.8 Å². The number of nitrogens with zero attached hydrogens (tertiary/aromatic N) is 2. The van der Waals surface area contributed by atoms with E-state index in [-0.39, 0.29) is 22.4 Å². The van der Waals surface area contributed by atoms with Crippen LogP contribution in [0.15, 0.2) is 84.2 Å². The first-order chi connectivity index (χ1) is 19.4. The minimum absolute atomic E-state index is 0.0371. The van der Waals surface area contributed by atoms with Gasteiger partial charge < -0.3 is 0 Å². The number of halogens is 2. The summed E-state index contributed by atoms with van der Waals surface area (Å²) in [6.45, 7) is -0.496. The molecule has 8 rings (SSSR count). The second-order valence-corrected chi connectivity index (χ2v) is 11.9. The summed E-state index contributed by atoms with van der Waals surface area (Å²) in [5.74, 6) is -4.18. The molecule has 2 atom stereocenters. The number of Topliss-reactive ketones (excluding diaryl/α,β-unsaturated/α-hetero) is 1. The topological polar surface area (TPSA) is 74.8 Å². The van der Waals surface area contributed by atoms with Crippen molar-refractivity contribution in [1.29, 1.82) is 0 Å². The molecule has 1 saturated heterocycles. The second-order valence-electron chi connectivity index (χ2n) is 10.1. The van der Waals surface area contributed by atoms with Crippen LogP contribution in [0.1, 0.15) is 54.1 Å². The van der Waals surface area contributed by atoms with Crippen LogP contribution in [0.3, 0.4) is 0 Å². The van der Waals surface area contributed by atoms with Gasteiger partial charge in [0, 0.05) is 16.9 Å². The Bertz CT molecular complexity index is 1620. The Morgan fingerprint density at radius 2 is 1.32 bits per heavy atom. The van der Waals surface area contributed by atoms with E-state index in [1.165, 1.54) is 29.5 Å². The zero-order valence-corrected chi connectivity index (χ0v) is 23.1. The lowest BCUT2D eigenvalue weighted by atomic mass is 9.55.